The largest absolute Gasteiger partial charge is 0.490 e. The number of hydrogen-bond donors (Lipinski definition) is 1. The van der Waals surface area contributed by atoms with Crippen molar-refractivity contribution in [3.8, 4) is 11.5 Å². The second-order valence-corrected chi connectivity index (χ2v) is 10.1. The number of rotatable bonds is 6. The Morgan fingerprint density at radius 1 is 1.09 bits per heavy atom. The smallest absolute Gasteiger partial charge is 0.241 e. The number of nitrogens with zero attached hydrogens (tertiary/aromatic N) is 2. The highest BCUT2D eigenvalue weighted by molar-refractivity contribution is 8.14. The fraction of sp³-hybridized carbons (Fsp3) is 0.375. The number of thioether (sulfide) groups is 1. The Morgan fingerprint density at radius 3 is 2.33 bits per heavy atom. The van der Waals surface area contributed by atoms with E-state index in [1.807, 2.05) is 18.2 Å². The highest BCUT2D eigenvalue weighted by Gasteiger charge is 2.32. The number of amidine groups is 1. The molecule has 0 radical (unpaired) electrons. The molecule has 0 saturated carbocycles. The number of amides is 2. The molecule has 9 heteroatoms. The van der Waals surface area contributed by atoms with Crippen molar-refractivity contribution in [1.29, 1.82) is 0 Å². The molecule has 0 aliphatic carbocycles. The number of nitrogens with one attached hydrogen (secondary N) is 1. The normalized spacial score (nSPS) is 15.8. The summed E-state index contributed by atoms with van der Waals surface area (Å²) in [5.74, 6) is 0.814. The highest BCUT2D eigenvalue weighted by atomic mass is 35.5. The standard InChI is InChI=1S/C24H28ClN3O4S/c1-15(29)26-23-27-28(16(2)30)22(33-23)17-6-11-21(20(25)14-17)32-13-12-31-19-9-7-18(8-10-19)24(3,4)5/h6-11,14,22H,12-13H2,1-5H3,(H,26,27,29)/t22-/m0/s1. The molecule has 33 heavy (non-hydrogen) atoms. The van der Waals surface area contributed by atoms with Gasteiger partial charge in [-0.15, -0.1) is 5.10 Å². The Labute approximate surface area is 203 Å². The van der Waals surface area contributed by atoms with Gasteiger partial charge in [-0.05, 0) is 40.8 Å². The van der Waals surface area contributed by atoms with E-state index < -0.39 is 5.37 Å². The lowest BCUT2D eigenvalue weighted by Gasteiger charge is -2.20. The van der Waals surface area contributed by atoms with Crippen molar-refractivity contribution in [3.05, 3.63) is 58.6 Å². The van der Waals surface area contributed by atoms with Crippen LogP contribution in [0, 0.1) is 0 Å². The van der Waals surface area contributed by atoms with Gasteiger partial charge in [-0.1, -0.05) is 62.3 Å². The fourth-order valence-corrected chi connectivity index (χ4v) is 4.50. The van der Waals surface area contributed by atoms with Crippen LogP contribution in [0.3, 0.4) is 0 Å². The lowest BCUT2D eigenvalue weighted by molar-refractivity contribution is -0.129. The summed E-state index contributed by atoms with van der Waals surface area (Å²) in [6, 6.07) is 13.4. The summed E-state index contributed by atoms with van der Waals surface area (Å²) in [4.78, 5) is 23.3. The van der Waals surface area contributed by atoms with Crippen LogP contribution in [0.2, 0.25) is 5.02 Å². The molecule has 7 nitrogen and oxygen atoms in total. The van der Waals surface area contributed by atoms with Crippen molar-refractivity contribution in [2.45, 2.75) is 45.4 Å². The molecule has 1 atom stereocenters. The van der Waals surface area contributed by atoms with Gasteiger partial charge in [-0.3, -0.25) is 9.59 Å². The minimum Gasteiger partial charge on any atom is -0.490 e. The molecule has 0 aromatic heterocycles. The summed E-state index contributed by atoms with van der Waals surface area (Å²) in [5, 5.41) is 8.49. The SMILES string of the molecule is CC(=O)NC1=NN(C(C)=O)[C@H](c2ccc(OCCOc3ccc(C(C)(C)C)cc3)c(Cl)c2)S1. The van der Waals surface area contributed by atoms with E-state index in [1.54, 1.807) is 12.1 Å². The first-order chi connectivity index (χ1) is 15.5. The van der Waals surface area contributed by atoms with E-state index in [1.165, 1.54) is 36.2 Å². The second kappa shape index (κ2) is 10.5. The van der Waals surface area contributed by atoms with Crippen molar-refractivity contribution >= 4 is 40.3 Å². The molecule has 0 saturated heterocycles. The summed E-state index contributed by atoms with van der Waals surface area (Å²) in [6.07, 6.45) is 0. The van der Waals surface area contributed by atoms with Gasteiger partial charge in [-0.25, -0.2) is 5.01 Å². The lowest BCUT2D eigenvalue weighted by atomic mass is 9.87. The first-order valence-corrected chi connectivity index (χ1v) is 11.8. The topological polar surface area (TPSA) is 80.2 Å². The summed E-state index contributed by atoms with van der Waals surface area (Å²) in [6.45, 7) is 10.0. The maximum atomic E-state index is 12.0. The third-order valence-electron chi connectivity index (χ3n) is 4.82. The third-order valence-corrected chi connectivity index (χ3v) is 6.22. The predicted octanol–water partition coefficient (Wildman–Crippen LogP) is 5.10. The molecule has 0 unspecified atom stereocenters. The maximum absolute atomic E-state index is 12.0. The number of carbonyl (C=O) groups excluding carboxylic acids is 2. The Kier molecular flexibility index (Phi) is 7.92. The summed E-state index contributed by atoms with van der Waals surface area (Å²) in [5.41, 5.74) is 2.11. The van der Waals surface area contributed by atoms with Gasteiger partial charge in [0.2, 0.25) is 11.8 Å². The van der Waals surface area contributed by atoms with Crippen LogP contribution in [-0.2, 0) is 15.0 Å². The third kappa shape index (κ3) is 6.65. The monoisotopic (exact) mass is 489 g/mol. The fourth-order valence-electron chi connectivity index (χ4n) is 3.13. The number of benzene rings is 2. The van der Waals surface area contributed by atoms with E-state index >= 15 is 0 Å². The summed E-state index contributed by atoms with van der Waals surface area (Å²) >= 11 is 7.69. The second-order valence-electron chi connectivity index (χ2n) is 8.58. The molecule has 0 spiro atoms. The van der Waals surface area contributed by atoms with E-state index in [-0.39, 0.29) is 17.2 Å². The van der Waals surface area contributed by atoms with Crippen LogP contribution in [-0.4, -0.2) is 35.2 Å². The number of halogens is 1. The van der Waals surface area contributed by atoms with Gasteiger partial charge in [0, 0.05) is 13.8 Å². The lowest BCUT2D eigenvalue weighted by Crippen LogP contribution is -2.25. The number of carbonyl (C=O) groups is 2. The highest BCUT2D eigenvalue weighted by Crippen LogP contribution is 2.40. The van der Waals surface area contributed by atoms with Crippen molar-refractivity contribution in [1.82, 2.24) is 10.3 Å². The number of hydrazone groups is 1. The molecule has 1 aliphatic rings. The summed E-state index contributed by atoms with van der Waals surface area (Å²) < 4.78 is 11.5. The van der Waals surface area contributed by atoms with Crippen LogP contribution in [0.15, 0.2) is 47.6 Å². The van der Waals surface area contributed by atoms with E-state index in [4.69, 9.17) is 21.1 Å². The first kappa shape index (κ1) is 24.9. The van der Waals surface area contributed by atoms with Crippen molar-refractivity contribution in [2.24, 2.45) is 5.10 Å². The number of hydrogen-bond acceptors (Lipinski definition) is 6. The zero-order valence-corrected chi connectivity index (χ0v) is 20.9. The van der Waals surface area contributed by atoms with Crippen LogP contribution in [0.1, 0.15) is 51.1 Å². The molecular formula is C24H28ClN3O4S. The molecule has 2 aromatic carbocycles. The minimum absolute atomic E-state index is 0.0979. The Bertz CT molecular complexity index is 1050. The van der Waals surface area contributed by atoms with E-state index in [0.29, 0.717) is 29.2 Å². The summed E-state index contributed by atoms with van der Waals surface area (Å²) in [7, 11) is 0. The maximum Gasteiger partial charge on any atom is 0.241 e. The van der Waals surface area contributed by atoms with Gasteiger partial charge in [0.25, 0.3) is 0 Å². The van der Waals surface area contributed by atoms with Crippen molar-refractivity contribution < 1.29 is 19.1 Å². The van der Waals surface area contributed by atoms with E-state index in [2.05, 4.69) is 43.3 Å². The van der Waals surface area contributed by atoms with Crippen molar-refractivity contribution in [2.75, 3.05) is 13.2 Å². The van der Waals surface area contributed by atoms with Gasteiger partial charge >= 0.3 is 0 Å². The van der Waals surface area contributed by atoms with Gasteiger partial charge < -0.3 is 14.8 Å². The zero-order chi connectivity index (χ0) is 24.2. The van der Waals surface area contributed by atoms with Crippen LogP contribution in [0.5, 0.6) is 11.5 Å². The molecule has 0 bridgehead atoms. The van der Waals surface area contributed by atoms with Crippen LogP contribution in [0.4, 0.5) is 0 Å². The zero-order valence-electron chi connectivity index (χ0n) is 19.3. The molecule has 2 aromatic rings. The minimum atomic E-state index is -0.421. The first-order valence-electron chi connectivity index (χ1n) is 10.5. The van der Waals surface area contributed by atoms with Crippen LogP contribution < -0.4 is 14.8 Å². The van der Waals surface area contributed by atoms with Gasteiger partial charge in [0.1, 0.15) is 30.1 Å². The molecule has 1 aliphatic heterocycles. The van der Waals surface area contributed by atoms with Gasteiger partial charge in [-0.2, -0.15) is 0 Å². The average Bonchev–Trinajstić information content (AvgIpc) is 3.15. The van der Waals surface area contributed by atoms with Crippen LogP contribution >= 0.6 is 23.4 Å². The molecular weight excluding hydrogens is 462 g/mol. The molecule has 2 amide bonds. The molecule has 3 rings (SSSR count). The number of ether oxygens (including phenoxy) is 2. The van der Waals surface area contributed by atoms with E-state index in [0.717, 1.165) is 11.3 Å². The van der Waals surface area contributed by atoms with Gasteiger partial charge in [0.05, 0.1) is 5.02 Å². The Morgan fingerprint density at radius 2 is 1.76 bits per heavy atom. The Hall–Kier alpha value is -2.71. The van der Waals surface area contributed by atoms with Crippen molar-refractivity contribution in [3.63, 3.8) is 0 Å². The van der Waals surface area contributed by atoms with Gasteiger partial charge in [0.15, 0.2) is 5.17 Å². The average molecular weight is 490 g/mol. The molecule has 1 N–H and O–H groups in total. The Balaban J connectivity index is 1.56. The predicted molar refractivity (Wildman–Crippen MR) is 132 cm³/mol. The quantitative estimate of drug-likeness (QED) is 0.571. The molecule has 176 valence electrons. The van der Waals surface area contributed by atoms with Crippen LogP contribution in [0.25, 0.3) is 0 Å². The molecule has 1 heterocycles. The van der Waals surface area contributed by atoms with E-state index in [9.17, 15) is 9.59 Å². The molecule has 0 fully saturated rings.